The van der Waals surface area contributed by atoms with Crippen molar-refractivity contribution in [2.24, 2.45) is 0 Å². The molecule has 1 aromatic carbocycles. The van der Waals surface area contributed by atoms with E-state index in [0.29, 0.717) is 17.9 Å². The van der Waals surface area contributed by atoms with Gasteiger partial charge in [0.1, 0.15) is 0 Å². The molecule has 2 aliphatic rings. The van der Waals surface area contributed by atoms with Crippen molar-refractivity contribution in [3.05, 3.63) is 41.2 Å². The molecule has 0 fully saturated rings. The first-order chi connectivity index (χ1) is 8.34. The minimum atomic E-state index is 0.00111. The van der Waals surface area contributed by atoms with E-state index in [2.05, 4.69) is 5.32 Å². The lowest BCUT2D eigenvalue weighted by Gasteiger charge is -2.14. The van der Waals surface area contributed by atoms with E-state index in [-0.39, 0.29) is 5.78 Å². The number of allylic oxidation sites excluding steroid dienone is 2. The third kappa shape index (κ3) is 1.93. The summed E-state index contributed by atoms with van der Waals surface area (Å²) in [5.74, 6) is 0.510. The van der Waals surface area contributed by atoms with Gasteiger partial charge in [-0.05, 0) is 37.0 Å². The molecule has 0 radical (unpaired) electrons. The second-order valence-electron chi connectivity index (χ2n) is 4.44. The van der Waals surface area contributed by atoms with E-state index in [1.54, 1.807) is 0 Å². The first-order valence-corrected chi connectivity index (χ1v) is 6.09. The fraction of sp³-hybridized carbons (Fsp3) is 0.357. The zero-order chi connectivity index (χ0) is 11.7. The van der Waals surface area contributed by atoms with Crippen LogP contribution < -0.4 is 5.32 Å². The van der Waals surface area contributed by atoms with Crippen molar-refractivity contribution in [1.82, 2.24) is 0 Å². The van der Waals surface area contributed by atoms with Crippen LogP contribution in [-0.2, 0) is 11.2 Å². The van der Waals surface area contributed by atoms with Crippen LogP contribution in [0.4, 0.5) is 5.69 Å². The number of rotatable bonds is 2. The van der Waals surface area contributed by atoms with Crippen molar-refractivity contribution >= 4 is 11.5 Å². The van der Waals surface area contributed by atoms with E-state index in [1.807, 2.05) is 24.3 Å². The monoisotopic (exact) mass is 229 g/mol. The summed E-state index contributed by atoms with van der Waals surface area (Å²) < 4.78 is 5.40. The average Bonchev–Trinajstić information content (AvgIpc) is 2.86. The fourth-order valence-corrected chi connectivity index (χ4v) is 2.29. The smallest absolute Gasteiger partial charge is 0.227 e. The summed E-state index contributed by atoms with van der Waals surface area (Å²) in [6, 6.07) is 5.86. The van der Waals surface area contributed by atoms with E-state index in [0.717, 1.165) is 31.5 Å². The van der Waals surface area contributed by atoms with Crippen LogP contribution in [0.2, 0.25) is 0 Å². The lowest BCUT2D eigenvalue weighted by atomic mass is 10.0. The molecule has 2 aliphatic heterocycles. The summed E-state index contributed by atoms with van der Waals surface area (Å²) in [5, 5.41) is 3.29. The quantitative estimate of drug-likeness (QED) is 0.792. The third-order valence-electron chi connectivity index (χ3n) is 3.24. The van der Waals surface area contributed by atoms with Crippen LogP contribution in [-0.4, -0.2) is 18.9 Å². The molecule has 17 heavy (non-hydrogen) atoms. The van der Waals surface area contributed by atoms with Crippen LogP contribution in [0.15, 0.2) is 30.0 Å². The number of carbonyl (C=O) groups is 1. The molecule has 0 aliphatic carbocycles. The standard InChI is InChI=1S/C14H15NO2/c16-14(13-3-1-2-8-17-13)11-5-4-10-6-7-15-12(10)9-11/h3-5,9,15H,1-2,6-8H2. The molecule has 0 atom stereocenters. The van der Waals surface area contributed by atoms with E-state index in [1.165, 1.54) is 5.56 Å². The minimum Gasteiger partial charge on any atom is -0.490 e. The highest BCUT2D eigenvalue weighted by Crippen LogP contribution is 2.25. The molecule has 3 rings (SSSR count). The van der Waals surface area contributed by atoms with Crippen LogP contribution in [0.5, 0.6) is 0 Å². The Balaban J connectivity index is 1.88. The molecule has 0 unspecified atom stereocenters. The van der Waals surface area contributed by atoms with Gasteiger partial charge in [0.25, 0.3) is 0 Å². The Labute approximate surface area is 100 Å². The van der Waals surface area contributed by atoms with Gasteiger partial charge in [-0.25, -0.2) is 0 Å². The molecule has 2 heterocycles. The zero-order valence-electron chi connectivity index (χ0n) is 9.66. The molecular weight excluding hydrogens is 214 g/mol. The highest BCUT2D eigenvalue weighted by atomic mass is 16.5. The van der Waals surface area contributed by atoms with Gasteiger partial charge in [0, 0.05) is 17.8 Å². The van der Waals surface area contributed by atoms with Crippen molar-refractivity contribution in [1.29, 1.82) is 0 Å². The molecule has 0 spiro atoms. The Bertz CT molecular complexity index is 491. The summed E-state index contributed by atoms with van der Waals surface area (Å²) in [6.45, 7) is 1.62. The van der Waals surface area contributed by atoms with Gasteiger partial charge in [0.05, 0.1) is 6.61 Å². The van der Waals surface area contributed by atoms with Gasteiger partial charge in [-0.3, -0.25) is 4.79 Å². The van der Waals surface area contributed by atoms with Crippen LogP contribution in [0, 0.1) is 0 Å². The number of hydrogen-bond donors (Lipinski definition) is 1. The predicted molar refractivity (Wildman–Crippen MR) is 66.2 cm³/mol. The molecule has 0 aromatic heterocycles. The number of Topliss-reactive ketones (excluding diaryl/α,β-unsaturated/α-hetero) is 1. The Morgan fingerprint density at radius 3 is 3.12 bits per heavy atom. The van der Waals surface area contributed by atoms with Crippen LogP contribution in [0.1, 0.15) is 28.8 Å². The van der Waals surface area contributed by atoms with Crippen LogP contribution in [0.25, 0.3) is 0 Å². The number of hydrogen-bond acceptors (Lipinski definition) is 3. The molecule has 0 bridgehead atoms. The van der Waals surface area contributed by atoms with Gasteiger partial charge in [0.2, 0.25) is 5.78 Å². The van der Waals surface area contributed by atoms with E-state index >= 15 is 0 Å². The number of ether oxygens (including phenoxy) is 1. The van der Waals surface area contributed by atoms with Crippen molar-refractivity contribution < 1.29 is 9.53 Å². The second-order valence-corrected chi connectivity index (χ2v) is 4.44. The number of fused-ring (bicyclic) bond motifs is 1. The molecule has 0 saturated carbocycles. The molecule has 3 heteroatoms. The molecule has 0 saturated heterocycles. The number of benzene rings is 1. The van der Waals surface area contributed by atoms with E-state index in [9.17, 15) is 4.79 Å². The SMILES string of the molecule is O=C(C1=CCCCO1)c1ccc2c(c1)NCC2. The topological polar surface area (TPSA) is 38.3 Å². The first kappa shape index (κ1) is 10.4. The molecule has 1 N–H and O–H groups in total. The summed E-state index contributed by atoms with van der Waals surface area (Å²) >= 11 is 0. The normalized spacial score (nSPS) is 17.8. The molecule has 1 aromatic rings. The Morgan fingerprint density at radius 2 is 2.29 bits per heavy atom. The van der Waals surface area contributed by atoms with Gasteiger partial charge in [-0.1, -0.05) is 12.1 Å². The average molecular weight is 229 g/mol. The largest absolute Gasteiger partial charge is 0.490 e. The molecule has 3 nitrogen and oxygen atoms in total. The number of nitrogens with one attached hydrogen (secondary N) is 1. The maximum absolute atomic E-state index is 12.2. The second kappa shape index (κ2) is 4.24. The van der Waals surface area contributed by atoms with Crippen molar-refractivity contribution in [2.75, 3.05) is 18.5 Å². The number of carbonyl (C=O) groups excluding carboxylic acids is 1. The van der Waals surface area contributed by atoms with E-state index in [4.69, 9.17) is 4.74 Å². The zero-order valence-corrected chi connectivity index (χ0v) is 9.66. The first-order valence-electron chi connectivity index (χ1n) is 6.09. The minimum absolute atomic E-state index is 0.00111. The summed E-state index contributed by atoms with van der Waals surface area (Å²) in [5.41, 5.74) is 3.10. The van der Waals surface area contributed by atoms with Gasteiger partial charge in [0.15, 0.2) is 5.76 Å². The lowest BCUT2D eigenvalue weighted by Crippen LogP contribution is -2.11. The molecular formula is C14H15NO2. The highest BCUT2D eigenvalue weighted by Gasteiger charge is 2.18. The lowest BCUT2D eigenvalue weighted by molar-refractivity contribution is 0.0899. The van der Waals surface area contributed by atoms with Gasteiger partial charge in [-0.15, -0.1) is 0 Å². The molecule has 88 valence electrons. The fourth-order valence-electron chi connectivity index (χ4n) is 2.29. The third-order valence-corrected chi connectivity index (χ3v) is 3.24. The summed E-state index contributed by atoms with van der Waals surface area (Å²) in [6.07, 6.45) is 4.88. The Morgan fingerprint density at radius 1 is 1.35 bits per heavy atom. The van der Waals surface area contributed by atoms with Gasteiger partial charge < -0.3 is 10.1 Å². The number of ketones is 1. The maximum Gasteiger partial charge on any atom is 0.227 e. The van der Waals surface area contributed by atoms with E-state index < -0.39 is 0 Å². The summed E-state index contributed by atoms with van der Waals surface area (Å²) in [7, 11) is 0. The Kier molecular flexibility index (Phi) is 2.59. The van der Waals surface area contributed by atoms with Gasteiger partial charge in [-0.2, -0.15) is 0 Å². The van der Waals surface area contributed by atoms with Crippen LogP contribution in [0.3, 0.4) is 0 Å². The van der Waals surface area contributed by atoms with Gasteiger partial charge >= 0.3 is 0 Å². The summed E-state index contributed by atoms with van der Waals surface area (Å²) in [4.78, 5) is 12.2. The van der Waals surface area contributed by atoms with Crippen molar-refractivity contribution in [2.45, 2.75) is 19.3 Å². The Hall–Kier alpha value is -1.77. The van der Waals surface area contributed by atoms with Crippen LogP contribution >= 0.6 is 0 Å². The maximum atomic E-state index is 12.2. The van der Waals surface area contributed by atoms with Crippen molar-refractivity contribution in [3.63, 3.8) is 0 Å². The van der Waals surface area contributed by atoms with Crippen molar-refractivity contribution in [3.8, 4) is 0 Å². The molecule has 0 amide bonds. The number of anilines is 1. The predicted octanol–water partition coefficient (Wildman–Crippen LogP) is 2.53. The highest BCUT2D eigenvalue weighted by molar-refractivity contribution is 6.08.